The second-order valence-electron chi connectivity index (χ2n) is 3.24. The Bertz CT molecular complexity index is 430. The first kappa shape index (κ1) is 12.9. The Balaban J connectivity index is 2.89. The van der Waals surface area contributed by atoms with Crippen molar-refractivity contribution in [2.45, 2.75) is 4.90 Å². The van der Waals surface area contributed by atoms with Crippen LogP contribution in [0.15, 0.2) is 23.2 Å². The van der Waals surface area contributed by atoms with Crippen LogP contribution in [0.4, 0.5) is 5.82 Å². The first-order valence-corrected chi connectivity index (χ1v) is 6.09. The number of hydrogen-bond donors (Lipinski definition) is 1. The molecule has 90 valence electrons. The van der Waals surface area contributed by atoms with Crippen LogP contribution in [0.25, 0.3) is 0 Å². The van der Waals surface area contributed by atoms with Crippen molar-refractivity contribution in [1.29, 1.82) is 0 Å². The van der Waals surface area contributed by atoms with Crippen molar-refractivity contribution in [1.82, 2.24) is 9.29 Å². The summed E-state index contributed by atoms with van der Waals surface area (Å²) < 4.78 is 29.9. The zero-order valence-corrected chi connectivity index (χ0v) is 10.1. The van der Waals surface area contributed by atoms with E-state index >= 15 is 0 Å². The van der Waals surface area contributed by atoms with Crippen LogP contribution in [0.2, 0.25) is 0 Å². The van der Waals surface area contributed by atoms with E-state index in [2.05, 4.69) is 4.98 Å². The van der Waals surface area contributed by atoms with Crippen LogP contribution in [-0.4, -0.2) is 45.0 Å². The Labute approximate surface area is 95.1 Å². The highest BCUT2D eigenvalue weighted by molar-refractivity contribution is 7.89. The highest BCUT2D eigenvalue weighted by atomic mass is 32.2. The molecule has 0 aliphatic heterocycles. The number of methoxy groups -OCH3 is 1. The van der Waals surface area contributed by atoms with E-state index in [-0.39, 0.29) is 4.90 Å². The van der Waals surface area contributed by atoms with Crippen LogP contribution >= 0.6 is 0 Å². The molecule has 0 bridgehead atoms. The predicted molar refractivity (Wildman–Crippen MR) is 60.3 cm³/mol. The molecule has 0 saturated carbocycles. The summed E-state index contributed by atoms with van der Waals surface area (Å²) in [5.41, 5.74) is 5.39. The summed E-state index contributed by atoms with van der Waals surface area (Å²) in [5.74, 6) is 0.290. The Morgan fingerprint density at radius 1 is 1.50 bits per heavy atom. The molecule has 0 aromatic carbocycles. The summed E-state index contributed by atoms with van der Waals surface area (Å²) in [6, 6.07) is 2.89. The van der Waals surface area contributed by atoms with E-state index in [0.717, 1.165) is 0 Å². The van der Waals surface area contributed by atoms with Crippen molar-refractivity contribution in [2.75, 3.05) is 33.0 Å². The van der Waals surface area contributed by atoms with Crippen molar-refractivity contribution >= 4 is 15.8 Å². The average molecular weight is 245 g/mol. The number of anilines is 1. The molecule has 16 heavy (non-hydrogen) atoms. The Morgan fingerprint density at radius 2 is 2.19 bits per heavy atom. The molecular weight excluding hydrogens is 230 g/mol. The fraction of sp³-hybridized carbons (Fsp3) is 0.444. The second-order valence-corrected chi connectivity index (χ2v) is 5.28. The molecule has 2 N–H and O–H groups in total. The molecule has 0 aliphatic carbocycles. The molecule has 0 radical (unpaired) electrons. The minimum absolute atomic E-state index is 0.125. The molecule has 1 heterocycles. The SMILES string of the molecule is COCCN(C)S(=O)(=O)c1ccc(N)nc1. The lowest BCUT2D eigenvalue weighted by Gasteiger charge is -2.16. The minimum Gasteiger partial charge on any atom is -0.384 e. The van der Waals surface area contributed by atoms with Gasteiger partial charge in [0.2, 0.25) is 10.0 Å². The lowest BCUT2D eigenvalue weighted by Crippen LogP contribution is -2.30. The van der Waals surface area contributed by atoms with E-state index in [9.17, 15) is 8.42 Å². The van der Waals surface area contributed by atoms with Crippen LogP contribution in [-0.2, 0) is 14.8 Å². The van der Waals surface area contributed by atoms with E-state index in [1.165, 1.54) is 36.8 Å². The fourth-order valence-electron chi connectivity index (χ4n) is 1.06. The van der Waals surface area contributed by atoms with Gasteiger partial charge in [-0.2, -0.15) is 4.31 Å². The van der Waals surface area contributed by atoms with Crippen LogP contribution in [0.3, 0.4) is 0 Å². The number of ether oxygens (including phenoxy) is 1. The molecule has 0 saturated heterocycles. The van der Waals surface area contributed by atoms with Gasteiger partial charge in [-0.1, -0.05) is 0 Å². The molecule has 7 heteroatoms. The van der Waals surface area contributed by atoms with Gasteiger partial charge < -0.3 is 10.5 Å². The molecule has 1 aromatic heterocycles. The van der Waals surface area contributed by atoms with E-state index in [4.69, 9.17) is 10.5 Å². The van der Waals surface area contributed by atoms with Gasteiger partial charge in [0.15, 0.2) is 0 Å². The summed E-state index contributed by atoms with van der Waals surface area (Å²) >= 11 is 0. The minimum atomic E-state index is -3.49. The van der Waals surface area contributed by atoms with E-state index < -0.39 is 10.0 Å². The van der Waals surface area contributed by atoms with Gasteiger partial charge in [0.05, 0.1) is 6.61 Å². The summed E-state index contributed by atoms with van der Waals surface area (Å²) in [7, 11) is -0.483. The molecule has 0 atom stereocenters. The number of nitrogen functional groups attached to an aromatic ring is 1. The second kappa shape index (κ2) is 5.24. The van der Waals surface area contributed by atoms with E-state index in [1.807, 2.05) is 0 Å². The zero-order chi connectivity index (χ0) is 12.2. The highest BCUT2D eigenvalue weighted by Gasteiger charge is 2.20. The third-order valence-corrected chi connectivity index (χ3v) is 3.92. The predicted octanol–water partition coefficient (Wildman–Crippen LogP) is -0.0693. The summed E-state index contributed by atoms with van der Waals surface area (Å²) in [4.78, 5) is 3.87. The molecule has 0 spiro atoms. The van der Waals surface area contributed by atoms with Crippen molar-refractivity contribution in [3.05, 3.63) is 18.3 Å². The van der Waals surface area contributed by atoms with Gasteiger partial charge in [0, 0.05) is 26.9 Å². The number of nitrogens with two attached hydrogens (primary N) is 1. The van der Waals surface area contributed by atoms with Crippen LogP contribution in [0, 0.1) is 0 Å². The average Bonchev–Trinajstić information content (AvgIpc) is 2.26. The summed E-state index contributed by atoms with van der Waals surface area (Å²) in [5, 5.41) is 0. The molecular formula is C9H15N3O3S. The monoisotopic (exact) mass is 245 g/mol. The summed E-state index contributed by atoms with van der Waals surface area (Å²) in [6.07, 6.45) is 1.24. The third kappa shape index (κ3) is 2.91. The Hall–Kier alpha value is -1.18. The number of rotatable bonds is 5. The number of sulfonamides is 1. The number of nitrogens with zero attached hydrogens (tertiary/aromatic N) is 2. The van der Waals surface area contributed by atoms with Gasteiger partial charge in [-0.3, -0.25) is 0 Å². The lowest BCUT2D eigenvalue weighted by molar-refractivity contribution is 0.185. The van der Waals surface area contributed by atoms with Gasteiger partial charge >= 0.3 is 0 Å². The molecule has 0 unspecified atom stereocenters. The summed E-state index contributed by atoms with van der Waals surface area (Å²) in [6.45, 7) is 0.640. The van der Waals surface area contributed by atoms with E-state index in [1.54, 1.807) is 0 Å². The maximum Gasteiger partial charge on any atom is 0.244 e. The van der Waals surface area contributed by atoms with Gasteiger partial charge in [-0.05, 0) is 12.1 Å². The first-order chi connectivity index (χ1) is 7.48. The largest absolute Gasteiger partial charge is 0.384 e. The van der Waals surface area contributed by atoms with Gasteiger partial charge in [-0.25, -0.2) is 13.4 Å². The maximum absolute atomic E-state index is 11.9. The standard InChI is InChI=1S/C9H15N3O3S/c1-12(5-6-15-2)16(13,14)8-3-4-9(10)11-7-8/h3-4,7H,5-6H2,1-2H3,(H2,10,11). The smallest absolute Gasteiger partial charge is 0.244 e. The van der Waals surface area contributed by atoms with Crippen molar-refractivity contribution in [3.8, 4) is 0 Å². The molecule has 1 rings (SSSR count). The van der Waals surface area contributed by atoms with Crippen LogP contribution in [0.5, 0.6) is 0 Å². The molecule has 1 aromatic rings. The zero-order valence-electron chi connectivity index (χ0n) is 9.25. The number of pyridine rings is 1. The van der Waals surface area contributed by atoms with Crippen molar-refractivity contribution in [3.63, 3.8) is 0 Å². The van der Waals surface area contributed by atoms with Gasteiger partial charge in [0.25, 0.3) is 0 Å². The van der Waals surface area contributed by atoms with Crippen molar-refractivity contribution in [2.24, 2.45) is 0 Å². The van der Waals surface area contributed by atoms with Gasteiger partial charge in [-0.15, -0.1) is 0 Å². The van der Waals surface area contributed by atoms with Crippen LogP contribution < -0.4 is 5.73 Å². The Kier molecular flexibility index (Phi) is 4.22. The van der Waals surface area contributed by atoms with Gasteiger partial charge in [0.1, 0.15) is 10.7 Å². The topological polar surface area (TPSA) is 85.5 Å². The first-order valence-electron chi connectivity index (χ1n) is 4.65. The van der Waals surface area contributed by atoms with E-state index in [0.29, 0.717) is 19.0 Å². The number of likely N-dealkylation sites (N-methyl/N-ethyl adjacent to an activating group) is 1. The Morgan fingerprint density at radius 3 is 2.69 bits per heavy atom. The number of hydrogen-bond acceptors (Lipinski definition) is 5. The molecule has 0 fully saturated rings. The normalized spacial score (nSPS) is 11.9. The maximum atomic E-state index is 11.9. The fourth-order valence-corrected chi connectivity index (χ4v) is 2.16. The lowest BCUT2D eigenvalue weighted by atomic mass is 10.5. The van der Waals surface area contributed by atoms with Crippen molar-refractivity contribution < 1.29 is 13.2 Å². The molecule has 0 aliphatic rings. The number of aromatic nitrogens is 1. The third-order valence-electron chi connectivity index (χ3n) is 2.08. The van der Waals surface area contributed by atoms with Crippen LogP contribution in [0.1, 0.15) is 0 Å². The molecule has 0 amide bonds. The quantitative estimate of drug-likeness (QED) is 0.785. The molecule has 6 nitrogen and oxygen atoms in total. The highest BCUT2D eigenvalue weighted by Crippen LogP contribution is 2.13.